The Morgan fingerprint density at radius 3 is 2.42 bits per heavy atom. The number of likely N-dealkylation sites (tertiary alicyclic amines) is 1. The lowest BCUT2D eigenvalue weighted by atomic mass is 9.90. The maximum absolute atomic E-state index is 14.7. The van der Waals surface area contributed by atoms with Crippen molar-refractivity contribution in [3.63, 3.8) is 0 Å². The van der Waals surface area contributed by atoms with E-state index in [2.05, 4.69) is 15.6 Å². The average Bonchev–Trinajstić information content (AvgIpc) is 4.01. The number of amides is 4. The van der Waals surface area contributed by atoms with E-state index < -0.39 is 87.1 Å². The van der Waals surface area contributed by atoms with Crippen LogP contribution < -0.4 is 24.8 Å². The number of hydrogen-bond acceptors (Lipinski definition) is 12. The number of nitrogens with one attached hydrogen (secondary N) is 3. The topological polar surface area (TPSA) is 201 Å². The Hall–Kier alpha value is -4.43. The van der Waals surface area contributed by atoms with Crippen molar-refractivity contribution in [2.45, 2.75) is 114 Å². The Labute approximate surface area is 328 Å². The van der Waals surface area contributed by atoms with Crippen molar-refractivity contribution in [3.05, 3.63) is 30.5 Å². The smallest absolute Gasteiger partial charge is 0.427 e. The van der Waals surface area contributed by atoms with Gasteiger partial charge in [0.05, 0.1) is 19.3 Å². The van der Waals surface area contributed by atoms with E-state index >= 15 is 0 Å². The van der Waals surface area contributed by atoms with Crippen LogP contribution in [-0.4, -0.2) is 110 Å². The summed E-state index contributed by atoms with van der Waals surface area (Å²) in [6, 6.07) is 4.17. The molecule has 5 atom stereocenters. The maximum Gasteiger partial charge on any atom is 0.427 e. The molecule has 1 aromatic carbocycles. The van der Waals surface area contributed by atoms with Crippen LogP contribution in [0.4, 0.5) is 18.0 Å². The first-order valence-corrected chi connectivity index (χ1v) is 20.2. The Kier molecular flexibility index (Phi) is 11.6. The molecule has 4 amide bonds. The first kappa shape index (κ1) is 42.2. The molecule has 0 radical (unpaired) electrons. The fourth-order valence-electron chi connectivity index (χ4n) is 7.30. The van der Waals surface area contributed by atoms with Crippen LogP contribution in [0.5, 0.6) is 11.6 Å². The number of carbonyl (C=O) groups excluding carboxylic acids is 4. The molecule has 314 valence electrons. The number of carbonyl (C=O) groups is 4. The van der Waals surface area contributed by atoms with Crippen molar-refractivity contribution >= 4 is 44.9 Å². The van der Waals surface area contributed by atoms with Crippen molar-refractivity contribution in [2.75, 3.05) is 26.9 Å². The van der Waals surface area contributed by atoms with Crippen molar-refractivity contribution in [1.82, 2.24) is 25.2 Å². The first-order chi connectivity index (χ1) is 26.7. The van der Waals surface area contributed by atoms with Crippen LogP contribution in [-0.2, 0) is 38.3 Å². The van der Waals surface area contributed by atoms with E-state index in [1.807, 2.05) is 4.72 Å². The summed E-state index contributed by atoms with van der Waals surface area (Å²) >= 11 is 0. The minimum absolute atomic E-state index is 0.102. The summed E-state index contributed by atoms with van der Waals surface area (Å²) in [5.74, 6) is -2.91. The third-order valence-electron chi connectivity index (χ3n) is 11.2. The number of halogens is 3. The van der Waals surface area contributed by atoms with Crippen LogP contribution in [0.1, 0.15) is 72.6 Å². The van der Waals surface area contributed by atoms with E-state index in [1.54, 1.807) is 38.1 Å². The number of fused-ring (bicyclic) bond motifs is 1. The lowest BCUT2D eigenvalue weighted by Crippen LogP contribution is -2.60. The molecule has 57 heavy (non-hydrogen) atoms. The van der Waals surface area contributed by atoms with E-state index in [9.17, 15) is 40.8 Å². The van der Waals surface area contributed by atoms with Gasteiger partial charge in [-0.25, -0.2) is 18.7 Å². The molecule has 4 fully saturated rings. The highest BCUT2D eigenvalue weighted by atomic mass is 32.2. The quantitative estimate of drug-likeness (QED) is 0.250. The number of hydrogen-bond donors (Lipinski definition) is 3. The van der Waals surface area contributed by atoms with E-state index in [0.717, 1.165) is 10.3 Å². The maximum atomic E-state index is 14.7. The van der Waals surface area contributed by atoms with Gasteiger partial charge < -0.3 is 34.5 Å². The second kappa shape index (κ2) is 15.7. The predicted octanol–water partition coefficient (Wildman–Crippen LogP) is 3.67. The molecule has 0 spiro atoms. The van der Waals surface area contributed by atoms with Crippen molar-refractivity contribution in [3.8, 4) is 11.6 Å². The molecule has 2 aromatic rings. The van der Waals surface area contributed by atoms with Gasteiger partial charge in [-0.3, -0.25) is 14.4 Å². The van der Waals surface area contributed by atoms with E-state index in [0.29, 0.717) is 44.2 Å². The number of aromatic nitrogens is 1. The van der Waals surface area contributed by atoms with Gasteiger partial charge in [-0.15, -0.1) is 0 Å². The molecule has 16 nitrogen and oxygen atoms in total. The summed E-state index contributed by atoms with van der Waals surface area (Å²) in [5.41, 5.74) is -5.47. The molecule has 2 aliphatic carbocycles. The third kappa shape index (κ3) is 9.33. The van der Waals surface area contributed by atoms with Gasteiger partial charge in [0.25, 0.3) is 5.91 Å². The lowest BCUT2D eigenvalue weighted by Gasteiger charge is -2.35. The van der Waals surface area contributed by atoms with Gasteiger partial charge in [0.15, 0.2) is 0 Å². The molecule has 2 saturated carbocycles. The standard InChI is InChI=1S/C37H48F3N5O11S/c1-6-23-19-36(23,32(48)44-57(50,51)56-35(4)12-13-35)43-29(46)27-18-25(54-30-26-8-7-24(52-5)17-22(26)9-14-41-30)20-45(27)31(47)28(21-10-15-53-16-11-21)42-33(49)55-34(2,3)37(38,39)40/h7-9,14,17,21,23,25,27-28H,6,10-13,15-16,18-20H2,1-5H3,(H,42,49)(H,43,46)(H,44,48)/t23-,25-,27+,28+,36-/m1/s1. The molecule has 3 N–H and O–H groups in total. The van der Waals surface area contributed by atoms with Crippen LogP contribution in [0, 0.1) is 11.8 Å². The summed E-state index contributed by atoms with van der Waals surface area (Å²) in [4.78, 5) is 61.2. The fraction of sp³-hybridized carbons (Fsp3) is 0.649. The third-order valence-corrected chi connectivity index (χ3v) is 12.3. The highest BCUT2D eigenvalue weighted by molar-refractivity contribution is 7.85. The Balaban J connectivity index is 1.29. The number of pyridine rings is 1. The molecule has 3 heterocycles. The number of alkyl carbamates (subject to hydrolysis) is 1. The van der Waals surface area contributed by atoms with Crippen LogP contribution in [0.2, 0.25) is 0 Å². The molecule has 0 unspecified atom stereocenters. The highest BCUT2D eigenvalue weighted by Gasteiger charge is 2.62. The molecule has 1 aromatic heterocycles. The molecular formula is C37H48F3N5O11S. The van der Waals surface area contributed by atoms with Gasteiger partial charge in [0, 0.05) is 31.2 Å². The number of benzene rings is 1. The number of nitrogens with zero attached hydrogens (tertiary/aromatic N) is 2. The summed E-state index contributed by atoms with van der Waals surface area (Å²) in [7, 11) is -3.01. The average molecular weight is 828 g/mol. The van der Waals surface area contributed by atoms with Crippen LogP contribution in [0.3, 0.4) is 0 Å². The number of ether oxygens (including phenoxy) is 4. The zero-order valence-electron chi connectivity index (χ0n) is 32.3. The summed E-state index contributed by atoms with van der Waals surface area (Å²) in [5, 5.41) is 6.40. The van der Waals surface area contributed by atoms with E-state index in [4.69, 9.17) is 23.1 Å². The minimum atomic E-state index is -4.92. The normalized spacial score (nSPS) is 25.3. The Morgan fingerprint density at radius 2 is 1.81 bits per heavy atom. The molecule has 20 heteroatoms. The van der Waals surface area contributed by atoms with Gasteiger partial charge in [-0.1, -0.05) is 13.3 Å². The largest absolute Gasteiger partial charge is 0.497 e. The van der Waals surface area contributed by atoms with Gasteiger partial charge in [0.2, 0.25) is 23.3 Å². The van der Waals surface area contributed by atoms with Gasteiger partial charge in [0.1, 0.15) is 29.5 Å². The zero-order valence-corrected chi connectivity index (χ0v) is 33.1. The molecule has 4 aliphatic rings. The fourth-order valence-corrected chi connectivity index (χ4v) is 8.45. The van der Waals surface area contributed by atoms with Crippen molar-refractivity contribution < 1.29 is 63.9 Å². The SMILES string of the molecule is CC[C@@H]1C[C@]1(NC(=O)[C@@H]1C[C@@H](Oc2nccc3cc(OC)ccc23)CN1C(=O)[C@@H](NC(=O)OC(C)(C)C(F)(F)F)C1CCOCC1)C(=O)NS(=O)(=O)OC1(C)CC1. The minimum Gasteiger partial charge on any atom is -0.497 e. The zero-order chi connectivity index (χ0) is 41.6. The first-order valence-electron chi connectivity index (χ1n) is 18.8. The van der Waals surface area contributed by atoms with Gasteiger partial charge in [-0.05, 0) is 94.4 Å². The van der Waals surface area contributed by atoms with Gasteiger partial charge >= 0.3 is 22.6 Å². The van der Waals surface area contributed by atoms with E-state index in [1.165, 1.54) is 13.3 Å². The molecule has 2 aliphatic heterocycles. The van der Waals surface area contributed by atoms with Crippen LogP contribution in [0.15, 0.2) is 30.5 Å². The molecule has 2 saturated heterocycles. The van der Waals surface area contributed by atoms with Crippen molar-refractivity contribution in [1.29, 1.82) is 0 Å². The predicted molar refractivity (Wildman–Crippen MR) is 195 cm³/mol. The summed E-state index contributed by atoms with van der Waals surface area (Å²) < 4.78 is 95.5. The summed E-state index contributed by atoms with van der Waals surface area (Å²) in [6.45, 7) is 4.89. The molecule has 6 rings (SSSR count). The van der Waals surface area contributed by atoms with Crippen LogP contribution >= 0.6 is 0 Å². The van der Waals surface area contributed by atoms with Crippen molar-refractivity contribution in [2.24, 2.45) is 11.8 Å². The number of methoxy groups -OCH3 is 1. The van der Waals surface area contributed by atoms with Gasteiger partial charge in [-0.2, -0.15) is 21.6 Å². The van der Waals surface area contributed by atoms with Crippen LogP contribution in [0.25, 0.3) is 10.8 Å². The number of alkyl halides is 3. The lowest BCUT2D eigenvalue weighted by molar-refractivity contribution is -0.244. The second-order valence-corrected chi connectivity index (χ2v) is 17.1. The second-order valence-electron chi connectivity index (χ2n) is 15.8. The summed E-state index contributed by atoms with van der Waals surface area (Å²) in [6.07, 6.45) is -3.93. The highest BCUT2D eigenvalue weighted by Crippen LogP contribution is 2.47. The monoisotopic (exact) mass is 827 g/mol. The Morgan fingerprint density at radius 1 is 1.11 bits per heavy atom. The number of rotatable bonds is 14. The molecular weight excluding hydrogens is 779 g/mol. The van der Waals surface area contributed by atoms with E-state index in [-0.39, 0.29) is 51.3 Å². The molecule has 0 bridgehead atoms. The Bertz CT molecular complexity index is 1990.